The van der Waals surface area contributed by atoms with Gasteiger partial charge in [0.15, 0.2) is 5.16 Å². The number of nitrogens with one attached hydrogen (secondary N) is 1. The summed E-state index contributed by atoms with van der Waals surface area (Å²) in [6.45, 7) is 2.85. The fraction of sp³-hybridized carbons (Fsp3) is 0.250. The van der Waals surface area contributed by atoms with Crippen molar-refractivity contribution in [3.8, 4) is 0 Å². The van der Waals surface area contributed by atoms with Gasteiger partial charge in [0.2, 0.25) is 5.91 Å². The van der Waals surface area contributed by atoms with Crippen molar-refractivity contribution in [1.82, 2.24) is 14.5 Å². The van der Waals surface area contributed by atoms with Crippen molar-refractivity contribution in [2.24, 2.45) is 0 Å². The van der Waals surface area contributed by atoms with Gasteiger partial charge in [0.1, 0.15) is 0 Å². The summed E-state index contributed by atoms with van der Waals surface area (Å²) in [5.41, 5.74) is 2.63. The molecular formula is C20H22N4O2S2. The number of amides is 2. The van der Waals surface area contributed by atoms with Gasteiger partial charge in [-0.15, -0.1) is 0 Å². The zero-order valence-corrected chi connectivity index (χ0v) is 17.6. The summed E-state index contributed by atoms with van der Waals surface area (Å²) in [4.78, 5) is 31.3. The van der Waals surface area contributed by atoms with Crippen LogP contribution in [0.4, 0.5) is 10.5 Å². The summed E-state index contributed by atoms with van der Waals surface area (Å²) in [6.07, 6.45) is 0. The molecule has 0 spiro atoms. The average Bonchev–Trinajstić information content (AvgIpc) is 3.05. The Morgan fingerprint density at radius 1 is 1.11 bits per heavy atom. The molecule has 0 aliphatic rings. The van der Waals surface area contributed by atoms with E-state index in [1.54, 1.807) is 20.2 Å². The van der Waals surface area contributed by atoms with Gasteiger partial charge in [-0.1, -0.05) is 36.0 Å². The van der Waals surface area contributed by atoms with Crippen molar-refractivity contribution < 1.29 is 9.59 Å². The molecule has 0 aliphatic carbocycles. The fourth-order valence-corrected chi connectivity index (χ4v) is 4.25. The van der Waals surface area contributed by atoms with Crippen molar-refractivity contribution >= 4 is 51.4 Å². The van der Waals surface area contributed by atoms with E-state index in [2.05, 4.69) is 21.8 Å². The number of thioether (sulfide) groups is 2. The largest absolute Gasteiger partial charge is 0.339 e. The second kappa shape index (κ2) is 9.16. The Morgan fingerprint density at radius 2 is 1.82 bits per heavy atom. The number of imidazole rings is 1. The summed E-state index contributed by atoms with van der Waals surface area (Å²) in [5.74, 6) is 0.106. The maximum absolute atomic E-state index is 12.5. The van der Waals surface area contributed by atoms with Crippen LogP contribution in [0.25, 0.3) is 11.0 Å². The number of nitrogens with zero attached hydrogens (tertiary/aromatic N) is 3. The van der Waals surface area contributed by atoms with E-state index in [9.17, 15) is 9.59 Å². The number of para-hydroxylation sites is 3. The Morgan fingerprint density at radius 3 is 2.57 bits per heavy atom. The van der Waals surface area contributed by atoms with E-state index < -0.39 is 0 Å². The summed E-state index contributed by atoms with van der Waals surface area (Å²) in [6, 6.07) is 15.3. The lowest BCUT2D eigenvalue weighted by molar-refractivity contribution is -0.113. The van der Waals surface area contributed by atoms with Crippen LogP contribution in [-0.4, -0.2) is 45.4 Å². The Labute approximate surface area is 172 Å². The molecule has 0 aliphatic heterocycles. The molecule has 8 heteroatoms. The Hall–Kier alpha value is -2.45. The predicted molar refractivity (Wildman–Crippen MR) is 116 cm³/mol. The van der Waals surface area contributed by atoms with Gasteiger partial charge in [-0.2, -0.15) is 0 Å². The van der Waals surface area contributed by atoms with Crippen molar-refractivity contribution in [1.29, 1.82) is 0 Å². The maximum atomic E-state index is 12.5. The van der Waals surface area contributed by atoms with Gasteiger partial charge in [0, 0.05) is 25.5 Å². The fourth-order valence-electron chi connectivity index (χ4n) is 2.63. The number of benzene rings is 2. The summed E-state index contributed by atoms with van der Waals surface area (Å²) in [7, 11) is 3.40. The van der Waals surface area contributed by atoms with Crippen molar-refractivity contribution in [3.63, 3.8) is 0 Å². The van der Waals surface area contributed by atoms with Crippen LogP contribution in [0, 0.1) is 0 Å². The van der Waals surface area contributed by atoms with Gasteiger partial charge in [0.05, 0.1) is 22.5 Å². The first-order valence-corrected chi connectivity index (χ1v) is 10.7. The Kier molecular flexibility index (Phi) is 6.64. The van der Waals surface area contributed by atoms with Crippen LogP contribution >= 0.6 is 23.5 Å². The van der Waals surface area contributed by atoms with Crippen LogP contribution in [0.1, 0.15) is 6.92 Å². The minimum atomic E-state index is -0.134. The molecule has 0 saturated carbocycles. The Bertz CT molecular complexity index is 1000. The SMILES string of the molecule is CCn1c(SCC(=O)Nc2ccccc2SC(=O)N(C)C)nc2ccccc21. The molecule has 1 N–H and O–H groups in total. The number of fused-ring (bicyclic) bond motifs is 1. The van der Waals surface area contributed by atoms with Crippen molar-refractivity contribution in [2.45, 2.75) is 23.5 Å². The third kappa shape index (κ3) is 4.69. The number of carbonyl (C=O) groups excluding carboxylic acids is 2. The van der Waals surface area contributed by atoms with Crippen molar-refractivity contribution in [3.05, 3.63) is 48.5 Å². The highest BCUT2D eigenvalue weighted by molar-refractivity contribution is 8.13. The molecular weight excluding hydrogens is 392 g/mol. The molecule has 0 saturated heterocycles. The monoisotopic (exact) mass is 414 g/mol. The second-order valence-corrected chi connectivity index (χ2v) is 8.16. The molecule has 0 fully saturated rings. The van der Waals surface area contributed by atoms with Crippen LogP contribution in [0.2, 0.25) is 0 Å². The van der Waals surface area contributed by atoms with E-state index in [1.165, 1.54) is 16.7 Å². The van der Waals surface area contributed by atoms with Crippen LogP contribution in [0.15, 0.2) is 58.6 Å². The second-order valence-electron chi connectivity index (χ2n) is 6.22. The van der Waals surface area contributed by atoms with Crippen LogP contribution in [-0.2, 0) is 11.3 Å². The summed E-state index contributed by atoms with van der Waals surface area (Å²) >= 11 is 2.50. The molecule has 1 heterocycles. The normalized spacial score (nSPS) is 10.8. The van der Waals surface area contributed by atoms with Crippen LogP contribution in [0.3, 0.4) is 0 Å². The minimum Gasteiger partial charge on any atom is -0.339 e. The number of hydrogen-bond donors (Lipinski definition) is 1. The average molecular weight is 415 g/mol. The number of carbonyl (C=O) groups is 2. The number of anilines is 1. The molecule has 1 aromatic heterocycles. The number of rotatable bonds is 6. The highest BCUT2D eigenvalue weighted by Gasteiger charge is 2.14. The standard InChI is InChI=1S/C20H22N4O2S2/c1-4-24-16-11-7-5-9-14(16)22-19(24)27-13-18(25)21-15-10-6-8-12-17(15)28-20(26)23(2)3/h5-12H,4,13H2,1-3H3,(H,21,25). The van der Waals surface area contributed by atoms with Crippen LogP contribution in [0.5, 0.6) is 0 Å². The molecule has 3 rings (SSSR count). The van der Waals surface area contributed by atoms with E-state index in [0.717, 1.165) is 39.4 Å². The Balaban J connectivity index is 1.68. The minimum absolute atomic E-state index is 0.0901. The number of aryl methyl sites for hydroxylation is 1. The molecule has 0 radical (unpaired) electrons. The van der Waals surface area contributed by atoms with E-state index in [0.29, 0.717) is 5.69 Å². The third-order valence-electron chi connectivity index (χ3n) is 3.99. The lowest BCUT2D eigenvalue weighted by Crippen LogP contribution is -2.18. The van der Waals surface area contributed by atoms with Gasteiger partial charge in [-0.3, -0.25) is 9.59 Å². The van der Waals surface area contributed by atoms with Gasteiger partial charge >= 0.3 is 0 Å². The quantitative estimate of drug-likeness (QED) is 0.599. The zero-order chi connectivity index (χ0) is 20.1. The molecule has 2 aromatic carbocycles. The van der Waals surface area contributed by atoms with Gasteiger partial charge in [-0.05, 0) is 43.0 Å². The smallest absolute Gasteiger partial charge is 0.286 e. The van der Waals surface area contributed by atoms with Gasteiger partial charge in [-0.25, -0.2) is 4.98 Å². The maximum Gasteiger partial charge on any atom is 0.286 e. The highest BCUT2D eigenvalue weighted by atomic mass is 32.2. The lowest BCUT2D eigenvalue weighted by Gasteiger charge is -2.13. The number of hydrogen-bond acceptors (Lipinski definition) is 5. The lowest BCUT2D eigenvalue weighted by atomic mass is 10.3. The van der Waals surface area contributed by atoms with Crippen molar-refractivity contribution in [2.75, 3.05) is 25.2 Å². The highest BCUT2D eigenvalue weighted by Crippen LogP contribution is 2.29. The van der Waals surface area contributed by atoms with Gasteiger partial charge in [0.25, 0.3) is 5.24 Å². The molecule has 0 unspecified atom stereocenters. The first-order valence-electron chi connectivity index (χ1n) is 8.85. The molecule has 146 valence electrons. The van der Waals surface area contributed by atoms with Crippen LogP contribution < -0.4 is 5.32 Å². The first kappa shape index (κ1) is 20.3. The topological polar surface area (TPSA) is 67.2 Å². The molecule has 0 bridgehead atoms. The van der Waals surface area contributed by atoms with E-state index >= 15 is 0 Å². The third-order valence-corrected chi connectivity index (χ3v) is 6.08. The molecule has 28 heavy (non-hydrogen) atoms. The van der Waals surface area contributed by atoms with E-state index in [1.807, 2.05) is 42.5 Å². The van der Waals surface area contributed by atoms with E-state index in [-0.39, 0.29) is 16.9 Å². The summed E-state index contributed by atoms with van der Waals surface area (Å²) in [5, 5.41) is 3.64. The molecule has 0 atom stereocenters. The summed E-state index contributed by atoms with van der Waals surface area (Å²) < 4.78 is 2.10. The molecule has 3 aromatic rings. The molecule has 2 amide bonds. The first-order chi connectivity index (χ1) is 13.5. The number of aromatic nitrogens is 2. The van der Waals surface area contributed by atoms with E-state index in [4.69, 9.17) is 0 Å². The predicted octanol–water partition coefficient (Wildman–Crippen LogP) is 4.56. The molecule has 6 nitrogen and oxygen atoms in total. The van der Waals surface area contributed by atoms with Gasteiger partial charge < -0.3 is 14.8 Å². The zero-order valence-electron chi connectivity index (χ0n) is 16.0.